The molecule has 0 spiro atoms. The zero-order valence-corrected chi connectivity index (χ0v) is 11.7. The van der Waals surface area contributed by atoms with Crippen LogP contribution < -0.4 is 2.84 Å². The summed E-state index contributed by atoms with van der Waals surface area (Å²) in [7, 11) is 2.08. The molecule has 2 aromatic carbocycles. The summed E-state index contributed by atoms with van der Waals surface area (Å²) in [6, 6.07) is 14.4. The molecular weight excluding hydrogens is 396 g/mol. The van der Waals surface area contributed by atoms with Gasteiger partial charge in [-0.25, -0.2) is 0 Å². The van der Waals surface area contributed by atoms with Crippen molar-refractivity contribution >= 4 is 27.6 Å². The molecule has 0 bridgehead atoms. The maximum absolute atomic E-state index is 5.82. The van der Waals surface area contributed by atoms with Gasteiger partial charge < -0.3 is 0 Å². The molecule has 2 nitrogen and oxygen atoms in total. The third-order valence-electron chi connectivity index (χ3n) is 2.71. The van der Waals surface area contributed by atoms with Crippen molar-refractivity contribution in [3.8, 4) is 0 Å². The molecule has 0 aliphatic rings. The fraction of sp³-hybridized carbons (Fsp3) is 0.0769. The van der Waals surface area contributed by atoms with E-state index in [1.165, 1.54) is 16.5 Å². The van der Waals surface area contributed by atoms with E-state index >= 15 is 0 Å². The Morgan fingerprint density at radius 3 is 2.56 bits per heavy atom. The Bertz CT molecular complexity index is 657. The van der Waals surface area contributed by atoms with E-state index in [-0.39, 0.29) is 0 Å². The number of anilines is 1. The van der Waals surface area contributed by atoms with Gasteiger partial charge in [-0.05, 0) is 0 Å². The number of hydrogen-bond acceptors (Lipinski definition) is 2. The van der Waals surface area contributed by atoms with Gasteiger partial charge in [-0.2, -0.15) is 0 Å². The zero-order chi connectivity index (χ0) is 11.1. The molecule has 0 saturated heterocycles. The van der Waals surface area contributed by atoms with E-state index in [0.29, 0.717) is 0 Å². The first kappa shape index (κ1) is 10.1. The first-order valence-electron chi connectivity index (χ1n) is 5.07. The summed E-state index contributed by atoms with van der Waals surface area (Å²) in [5.41, 5.74) is 3.14. The monoisotopic (exact) mass is 406 g/mol. The predicted octanol–water partition coefficient (Wildman–Crippen LogP) is 3.49. The third kappa shape index (κ3) is 1.42. The van der Waals surface area contributed by atoms with Crippen molar-refractivity contribution in [1.82, 2.24) is 0 Å². The van der Waals surface area contributed by atoms with Gasteiger partial charge in [0.25, 0.3) is 0 Å². The average Bonchev–Trinajstić information content (AvgIpc) is 2.66. The van der Waals surface area contributed by atoms with Crippen LogP contribution in [0.4, 0.5) is 5.69 Å². The summed E-state index contributed by atoms with van der Waals surface area (Å²) in [6.07, 6.45) is 0. The number of hydrogen-bond donors (Lipinski definition) is 0. The van der Waals surface area contributed by atoms with Gasteiger partial charge in [-0.15, -0.1) is 0 Å². The van der Waals surface area contributed by atoms with E-state index in [0.717, 1.165) is 11.2 Å². The van der Waals surface area contributed by atoms with E-state index in [4.69, 9.17) is 4.42 Å². The van der Waals surface area contributed by atoms with E-state index in [9.17, 15) is 0 Å². The Morgan fingerprint density at radius 2 is 1.75 bits per heavy atom. The molecule has 80 valence electrons. The van der Waals surface area contributed by atoms with Crippen LogP contribution in [0.5, 0.6) is 0 Å². The summed E-state index contributed by atoms with van der Waals surface area (Å²) in [4.78, 5) is 0. The number of benzene rings is 2. The third-order valence-corrected chi connectivity index (χ3v) is 3.42. The molecule has 0 aliphatic heterocycles. The molecule has 0 atom stereocenters. The van der Waals surface area contributed by atoms with Crippen molar-refractivity contribution in [2.24, 2.45) is 0 Å². The summed E-state index contributed by atoms with van der Waals surface area (Å²) in [5.74, 6) is 0. The number of fused-ring (bicyclic) bond motifs is 3. The van der Waals surface area contributed by atoms with E-state index in [2.05, 4.69) is 22.0 Å². The van der Waals surface area contributed by atoms with Gasteiger partial charge >= 0.3 is 109 Å². The van der Waals surface area contributed by atoms with Gasteiger partial charge in [0.2, 0.25) is 0 Å². The number of furan rings is 1. The fourth-order valence-corrected chi connectivity index (χ4v) is 2.56. The molecule has 1 aromatic heterocycles. The summed E-state index contributed by atoms with van der Waals surface area (Å²) in [6.45, 7) is 0. The minimum atomic E-state index is 0.957. The molecule has 3 aromatic rings. The van der Waals surface area contributed by atoms with Crippen molar-refractivity contribution in [3.05, 3.63) is 42.5 Å². The molecule has 0 aliphatic carbocycles. The van der Waals surface area contributed by atoms with Crippen LogP contribution in [-0.2, 0) is 0 Å². The van der Waals surface area contributed by atoms with E-state index in [1.807, 2.05) is 30.3 Å². The van der Waals surface area contributed by atoms with Gasteiger partial charge in [-0.1, -0.05) is 0 Å². The number of para-hydroxylation sites is 1. The fourth-order valence-electron chi connectivity index (χ4n) is 2.01. The van der Waals surface area contributed by atoms with Crippen LogP contribution >= 0.6 is 0 Å². The van der Waals surface area contributed by atoms with Gasteiger partial charge in [0.1, 0.15) is 0 Å². The molecule has 0 N–H and O–H groups in total. The summed E-state index contributed by atoms with van der Waals surface area (Å²) >= 11 is 1.63. The van der Waals surface area contributed by atoms with Crippen molar-refractivity contribution in [3.63, 3.8) is 0 Å². The number of rotatable bonds is 1. The van der Waals surface area contributed by atoms with Crippen molar-refractivity contribution in [2.75, 3.05) is 9.89 Å². The predicted molar refractivity (Wildman–Crippen MR) is 62.1 cm³/mol. The molecule has 0 saturated carbocycles. The second kappa shape index (κ2) is 3.74. The van der Waals surface area contributed by atoms with E-state index in [1.54, 1.807) is 25.0 Å². The maximum atomic E-state index is 5.82. The van der Waals surface area contributed by atoms with Gasteiger partial charge in [0.05, 0.1) is 0 Å². The van der Waals surface area contributed by atoms with Crippen LogP contribution in [-0.4, -0.2) is 7.05 Å². The van der Waals surface area contributed by atoms with Crippen LogP contribution in [0.25, 0.3) is 21.9 Å². The Kier molecular flexibility index (Phi) is 2.36. The minimum absolute atomic E-state index is 0.957. The van der Waals surface area contributed by atoms with Crippen LogP contribution in [0.3, 0.4) is 0 Å². The van der Waals surface area contributed by atoms with Gasteiger partial charge in [-0.3, -0.25) is 0 Å². The first-order valence-corrected chi connectivity index (χ1v) is 6.38. The summed E-state index contributed by atoms with van der Waals surface area (Å²) in [5, 5.41) is 2.40. The van der Waals surface area contributed by atoms with Crippen LogP contribution in [0.2, 0.25) is 0 Å². The Balaban J connectivity index is 2.53. The van der Waals surface area contributed by atoms with Gasteiger partial charge in [0, 0.05) is 0 Å². The van der Waals surface area contributed by atoms with Crippen LogP contribution in [0.15, 0.2) is 46.9 Å². The Hall–Kier alpha value is -1.08. The van der Waals surface area contributed by atoms with Crippen LogP contribution in [0.1, 0.15) is 0 Å². The molecule has 1 heterocycles. The molecular formula is C13H10AtNO. The first-order chi connectivity index (χ1) is 7.77. The topological polar surface area (TPSA) is 16.4 Å². The molecule has 0 unspecified atom stereocenters. The van der Waals surface area contributed by atoms with Crippen molar-refractivity contribution < 1.29 is 29.4 Å². The summed E-state index contributed by atoms with van der Waals surface area (Å²) < 4.78 is 7.99. The van der Waals surface area contributed by atoms with Crippen molar-refractivity contribution in [1.29, 1.82) is 0 Å². The second-order valence-electron chi connectivity index (χ2n) is 3.73. The molecule has 0 radical (unpaired) electrons. The normalized spacial score (nSPS) is 11.1. The molecule has 0 fully saturated rings. The van der Waals surface area contributed by atoms with Crippen molar-refractivity contribution in [2.45, 2.75) is 0 Å². The second-order valence-corrected chi connectivity index (χ2v) is 5.70. The number of nitrogens with zero attached hydrogens (tertiary/aromatic N) is 1. The average molecular weight is 406 g/mol. The standard InChI is InChI=1S/C13H10AtNO/c1-15(14)10-6-4-8-12-13(10)9-5-2-3-7-11(9)16-12/h2-8H,1H3. The molecule has 0 amide bonds. The quantitative estimate of drug-likeness (QED) is 0.616. The molecule has 16 heavy (non-hydrogen) atoms. The zero-order valence-electron chi connectivity index (χ0n) is 8.77. The molecule has 3 rings (SSSR count). The Labute approximate surface area is 109 Å². The SMILES string of the molecule is CN([At])c1cccc2oc3ccccc3c12. The van der Waals surface area contributed by atoms with Crippen LogP contribution in [0, 0.1) is 25.0 Å². The van der Waals surface area contributed by atoms with E-state index < -0.39 is 0 Å². The Morgan fingerprint density at radius 1 is 1.00 bits per heavy atom. The van der Waals surface area contributed by atoms with Gasteiger partial charge in [0.15, 0.2) is 0 Å². The molecule has 3 heteroatoms.